The first kappa shape index (κ1) is 13.5. The van der Waals surface area contributed by atoms with Crippen LogP contribution in [0.2, 0.25) is 0 Å². The molecule has 0 unspecified atom stereocenters. The van der Waals surface area contributed by atoms with Crippen LogP contribution in [0.25, 0.3) is 0 Å². The van der Waals surface area contributed by atoms with E-state index < -0.39 is 5.54 Å². The number of hydrogen-bond acceptors (Lipinski definition) is 2. The van der Waals surface area contributed by atoms with Crippen molar-refractivity contribution >= 4 is 6.21 Å². The maximum atomic E-state index is 12.0. The van der Waals surface area contributed by atoms with Crippen molar-refractivity contribution < 1.29 is 9.48 Å². The highest BCUT2D eigenvalue weighted by atomic mass is 16.5. The minimum atomic E-state index is -0.584. The van der Waals surface area contributed by atoms with Crippen molar-refractivity contribution in [1.82, 2.24) is 0 Å². The van der Waals surface area contributed by atoms with E-state index in [0.717, 1.165) is 10.3 Å². The van der Waals surface area contributed by atoms with Crippen molar-refractivity contribution in [2.24, 2.45) is 0 Å². The zero-order valence-electron chi connectivity index (χ0n) is 10.4. The molecule has 0 atom stereocenters. The number of rotatable bonds is 6. The molecule has 0 aliphatic rings. The van der Waals surface area contributed by atoms with Crippen molar-refractivity contribution in [3.05, 3.63) is 53.8 Å². The fourth-order valence-electron chi connectivity index (χ4n) is 1.30. The second kappa shape index (κ2) is 6.21. The normalized spacial score (nSPS) is 12.5. The average molecular weight is 233 g/mol. The molecule has 0 aliphatic carbocycles. The van der Waals surface area contributed by atoms with Gasteiger partial charge in [0.2, 0.25) is 0 Å². The molecule has 0 aliphatic heterocycles. The third-order valence-corrected chi connectivity index (χ3v) is 2.35. The summed E-state index contributed by atoms with van der Waals surface area (Å²) in [4.78, 5) is 0. The van der Waals surface area contributed by atoms with Crippen LogP contribution in [0.4, 0.5) is 0 Å². The minimum absolute atomic E-state index is 0.367. The van der Waals surface area contributed by atoms with Crippen LogP contribution in [0.3, 0.4) is 0 Å². The molecule has 0 saturated carbocycles. The Morgan fingerprint density at radius 1 is 1.35 bits per heavy atom. The molecule has 0 bridgehead atoms. The average Bonchev–Trinajstić information content (AvgIpc) is 2.30. The van der Waals surface area contributed by atoms with Gasteiger partial charge in [-0.1, -0.05) is 24.3 Å². The van der Waals surface area contributed by atoms with Crippen LogP contribution in [0.5, 0.6) is 0 Å². The highest BCUT2D eigenvalue weighted by molar-refractivity contribution is 5.75. The molecule has 0 saturated heterocycles. The van der Waals surface area contributed by atoms with Crippen LogP contribution in [0.1, 0.15) is 19.4 Å². The molecular weight excluding hydrogens is 214 g/mol. The lowest BCUT2D eigenvalue weighted by atomic mass is 10.1. The SMILES string of the molecule is C=CCOCC(C)(C)/[N+]([O-])=C/c1ccccc1. The molecule has 3 heteroatoms. The molecule has 0 N–H and O–H groups in total. The number of hydrogen-bond donors (Lipinski definition) is 0. The molecule has 0 amide bonds. The molecule has 0 heterocycles. The monoisotopic (exact) mass is 233 g/mol. The molecular formula is C14H19NO2. The van der Waals surface area contributed by atoms with E-state index in [-0.39, 0.29) is 0 Å². The van der Waals surface area contributed by atoms with Gasteiger partial charge in [-0.25, -0.2) is 4.74 Å². The van der Waals surface area contributed by atoms with Gasteiger partial charge in [-0.2, -0.15) is 0 Å². The van der Waals surface area contributed by atoms with Gasteiger partial charge in [0.15, 0.2) is 11.8 Å². The van der Waals surface area contributed by atoms with E-state index in [1.165, 1.54) is 0 Å². The molecule has 17 heavy (non-hydrogen) atoms. The summed E-state index contributed by atoms with van der Waals surface area (Å²) in [6, 6.07) is 9.52. The zero-order valence-corrected chi connectivity index (χ0v) is 10.4. The molecule has 0 radical (unpaired) electrons. The first-order chi connectivity index (χ1) is 8.06. The summed E-state index contributed by atoms with van der Waals surface area (Å²) in [6.07, 6.45) is 3.25. The Morgan fingerprint density at radius 2 is 2.00 bits per heavy atom. The van der Waals surface area contributed by atoms with Crippen LogP contribution < -0.4 is 0 Å². The summed E-state index contributed by atoms with van der Waals surface area (Å²) in [6.45, 7) is 8.10. The Bertz CT molecular complexity index is 382. The molecule has 1 aromatic rings. The van der Waals surface area contributed by atoms with Gasteiger partial charge in [0.25, 0.3) is 0 Å². The Labute approximate surface area is 103 Å². The number of nitrogens with zero attached hydrogens (tertiary/aromatic N) is 1. The van der Waals surface area contributed by atoms with E-state index in [9.17, 15) is 5.21 Å². The van der Waals surface area contributed by atoms with Crippen LogP contribution in [0.15, 0.2) is 43.0 Å². The first-order valence-electron chi connectivity index (χ1n) is 5.61. The van der Waals surface area contributed by atoms with Gasteiger partial charge in [0.05, 0.1) is 6.61 Å². The third-order valence-electron chi connectivity index (χ3n) is 2.35. The summed E-state index contributed by atoms with van der Waals surface area (Å²) < 4.78 is 6.26. The van der Waals surface area contributed by atoms with E-state index in [4.69, 9.17) is 4.74 Å². The molecule has 3 nitrogen and oxygen atoms in total. The number of benzene rings is 1. The predicted octanol–water partition coefficient (Wildman–Crippen LogP) is 2.60. The lowest BCUT2D eigenvalue weighted by molar-refractivity contribution is -0.540. The van der Waals surface area contributed by atoms with Crippen LogP contribution in [-0.4, -0.2) is 29.7 Å². The van der Waals surface area contributed by atoms with Gasteiger partial charge >= 0.3 is 0 Å². The largest absolute Gasteiger partial charge is 0.623 e. The summed E-state index contributed by atoms with van der Waals surface area (Å²) >= 11 is 0. The van der Waals surface area contributed by atoms with Gasteiger partial charge in [-0.3, -0.25) is 0 Å². The van der Waals surface area contributed by atoms with Crippen LogP contribution >= 0.6 is 0 Å². The van der Waals surface area contributed by atoms with Gasteiger partial charge < -0.3 is 9.94 Å². The second-order valence-corrected chi connectivity index (χ2v) is 4.48. The van der Waals surface area contributed by atoms with Crippen molar-refractivity contribution in [3.63, 3.8) is 0 Å². The van der Waals surface area contributed by atoms with E-state index in [2.05, 4.69) is 6.58 Å². The van der Waals surface area contributed by atoms with E-state index in [1.807, 2.05) is 44.2 Å². The van der Waals surface area contributed by atoms with Crippen molar-refractivity contribution in [2.45, 2.75) is 19.4 Å². The van der Waals surface area contributed by atoms with Crippen LogP contribution in [-0.2, 0) is 4.74 Å². The van der Waals surface area contributed by atoms with Crippen molar-refractivity contribution in [1.29, 1.82) is 0 Å². The quantitative estimate of drug-likeness (QED) is 0.189. The Hall–Kier alpha value is -1.61. The van der Waals surface area contributed by atoms with Gasteiger partial charge in [0.1, 0.15) is 6.61 Å². The zero-order chi connectivity index (χ0) is 12.7. The molecule has 0 spiro atoms. The Balaban J connectivity index is 2.70. The number of hydroxylamine groups is 1. The number of ether oxygens (including phenoxy) is 1. The Morgan fingerprint density at radius 3 is 2.59 bits per heavy atom. The fourth-order valence-corrected chi connectivity index (χ4v) is 1.30. The highest BCUT2D eigenvalue weighted by Gasteiger charge is 2.26. The van der Waals surface area contributed by atoms with E-state index >= 15 is 0 Å². The molecule has 0 fully saturated rings. The molecule has 0 aromatic heterocycles. The molecule has 92 valence electrons. The highest BCUT2D eigenvalue weighted by Crippen LogP contribution is 2.09. The standard InChI is InChI=1S/C14H19NO2/c1-4-10-17-12-14(2,3)15(16)11-13-8-6-5-7-9-13/h4-9,11H,1,10,12H2,2-3H3/b15-11-. The van der Waals surface area contributed by atoms with Gasteiger partial charge in [-0.15, -0.1) is 6.58 Å². The van der Waals surface area contributed by atoms with E-state index in [1.54, 1.807) is 12.3 Å². The summed E-state index contributed by atoms with van der Waals surface area (Å²) in [7, 11) is 0. The third kappa shape index (κ3) is 4.41. The lowest BCUT2D eigenvalue weighted by Gasteiger charge is -2.23. The summed E-state index contributed by atoms with van der Waals surface area (Å²) in [5, 5.41) is 12.0. The summed E-state index contributed by atoms with van der Waals surface area (Å²) in [5.74, 6) is 0. The smallest absolute Gasteiger partial charge is 0.190 e. The molecule has 1 rings (SSSR count). The maximum absolute atomic E-state index is 12.0. The Kier molecular flexibility index (Phi) is 4.91. The maximum Gasteiger partial charge on any atom is 0.190 e. The molecule has 1 aromatic carbocycles. The van der Waals surface area contributed by atoms with Gasteiger partial charge in [-0.05, 0) is 12.1 Å². The first-order valence-corrected chi connectivity index (χ1v) is 5.61. The van der Waals surface area contributed by atoms with Crippen molar-refractivity contribution in [2.75, 3.05) is 13.2 Å². The summed E-state index contributed by atoms with van der Waals surface area (Å²) in [5.41, 5.74) is 0.304. The topological polar surface area (TPSA) is 35.3 Å². The van der Waals surface area contributed by atoms with Gasteiger partial charge in [0, 0.05) is 19.4 Å². The van der Waals surface area contributed by atoms with E-state index in [0.29, 0.717) is 13.2 Å². The van der Waals surface area contributed by atoms with Crippen molar-refractivity contribution in [3.8, 4) is 0 Å². The van der Waals surface area contributed by atoms with Crippen LogP contribution in [0, 0.1) is 5.21 Å². The predicted molar refractivity (Wildman–Crippen MR) is 70.3 cm³/mol. The fraction of sp³-hybridized carbons (Fsp3) is 0.357. The minimum Gasteiger partial charge on any atom is -0.623 e. The lowest BCUT2D eigenvalue weighted by Crippen LogP contribution is -2.38. The second-order valence-electron chi connectivity index (χ2n) is 4.48.